The largest absolute Gasteiger partial charge is 0.323 e. The minimum Gasteiger partial charge on any atom is -0.323 e. The number of aromatic nitrogens is 3. The maximum atomic E-state index is 13.2. The average Bonchev–Trinajstić information content (AvgIpc) is 2.77. The van der Waals surface area contributed by atoms with E-state index in [9.17, 15) is 14.5 Å². The van der Waals surface area contributed by atoms with Gasteiger partial charge in [-0.3, -0.25) is 10.1 Å². The zero-order chi connectivity index (χ0) is 13.3. The summed E-state index contributed by atoms with van der Waals surface area (Å²) >= 11 is 0. The van der Waals surface area contributed by atoms with Gasteiger partial charge in [0.25, 0.3) is 5.69 Å². The number of hydrogen-bond acceptors (Lipinski definition) is 5. The van der Waals surface area contributed by atoms with Gasteiger partial charge in [-0.05, 0) is 13.0 Å². The van der Waals surface area contributed by atoms with Crippen molar-refractivity contribution in [1.29, 1.82) is 0 Å². The first-order valence-corrected chi connectivity index (χ1v) is 5.11. The minimum absolute atomic E-state index is 0.0133. The highest BCUT2D eigenvalue weighted by Gasteiger charge is 2.18. The maximum Gasteiger partial charge on any atom is 0.295 e. The Balaban J connectivity index is 2.54. The summed E-state index contributed by atoms with van der Waals surface area (Å²) in [5.74, 6) is -0.589. The molecule has 0 bridgehead atoms. The summed E-state index contributed by atoms with van der Waals surface area (Å²) in [6.45, 7) is 1.70. The Morgan fingerprint density at radius 2 is 2.28 bits per heavy atom. The van der Waals surface area contributed by atoms with E-state index in [1.807, 2.05) is 0 Å². The van der Waals surface area contributed by atoms with Crippen LogP contribution in [0, 0.1) is 15.9 Å². The van der Waals surface area contributed by atoms with Gasteiger partial charge in [0.05, 0.1) is 16.8 Å². The van der Waals surface area contributed by atoms with Gasteiger partial charge in [0.1, 0.15) is 11.5 Å². The lowest BCUT2D eigenvalue weighted by atomic mass is 10.2. The molecule has 2 N–H and O–H groups in total. The van der Waals surface area contributed by atoms with Crippen molar-refractivity contribution in [1.82, 2.24) is 15.0 Å². The molecule has 0 aliphatic heterocycles. The van der Waals surface area contributed by atoms with Crippen LogP contribution in [0.15, 0.2) is 24.4 Å². The van der Waals surface area contributed by atoms with Gasteiger partial charge in [-0.25, -0.2) is 9.07 Å². The summed E-state index contributed by atoms with van der Waals surface area (Å²) in [4.78, 5) is 10.2. The lowest BCUT2D eigenvalue weighted by molar-refractivity contribution is -0.384. The highest BCUT2D eigenvalue weighted by atomic mass is 19.1. The molecule has 0 fully saturated rings. The first kappa shape index (κ1) is 12.1. The fourth-order valence-corrected chi connectivity index (χ4v) is 1.44. The predicted molar refractivity (Wildman–Crippen MR) is 60.6 cm³/mol. The fourth-order valence-electron chi connectivity index (χ4n) is 1.44. The Labute approximate surface area is 101 Å². The van der Waals surface area contributed by atoms with Crippen LogP contribution in [-0.4, -0.2) is 19.9 Å². The highest BCUT2D eigenvalue weighted by Crippen LogP contribution is 2.23. The van der Waals surface area contributed by atoms with Crippen LogP contribution in [0.25, 0.3) is 5.69 Å². The molecule has 1 heterocycles. The summed E-state index contributed by atoms with van der Waals surface area (Å²) in [7, 11) is 0. The standard InChI is InChI=1S/C10H10FN5O2/c1-6(12)8-5-15(14-13-8)10-4-7(11)2-3-9(10)16(17)18/h2-6H,12H2,1H3. The molecule has 1 aromatic carbocycles. The molecule has 0 aliphatic carbocycles. The van der Waals surface area contributed by atoms with Crippen LogP contribution in [0.3, 0.4) is 0 Å². The number of halogens is 1. The van der Waals surface area contributed by atoms with Crippen LogP contribution in [0.4, 0.5) is 10.1 Å². The van der Waals surface area contributed by atoms with Crippen molar-refractivity contribution in [3.63, 3.8) is 0 Å². The monoisotopic (exact) mass is 251 g/mol. The van der Waals surface area contributed by atoms with Gasteiger partial charge in [0.2, 0.25) is 0 Å². The Hall–Kier alpha value is -2.35. The minimum atomic E-state index is -0.609. The van der Waals surface area contributed by atoms with Crippen LogP contribution < -0.4 is 5.73 Å². The van der Waals surface area contributed by atoms with E-state index in [-0.39, 0.29) is 17.4 Å². The van der Waals surface area contributed by atoms with Crippen LogP contribution >= 0.6 is 0 Å². The third kappa shape index (κ3) is 2.18. The molecule has 2 aromatic rings. The van der Waals surface area contributed by atoms with E-state index >= 15 is 0 Å². The number of nitrogens with zero attached hydrogens (tertiary/aromatic N) is 4. The Bertz CT molecular complexity index is 596. The molecule has 0 spiro atoms. The molecular formula is C10H10FN5O2. The van der Waals surface area contributed by atoms with E-state index < -0.39 is 10.7 Å². The topological polar surface area (TPSA) is 99.9 Å². The van der Waals surface area contributed by atoms with Crippen molar-refractivity contribution in [3.8, 4) is 5.69 Å². The summed E-state index contributed by atoms with van der Waals surface area (Å²) in [5.41, 5.74) is 5.84. The first-order chi connectivity index (χ1) is 8.49. The van der Waals surface area contributed by atoms with Crippen molar-refractivity contribution in [2.75, 3.05) is 0 Å². The van der Waals surface area contributed by atoms with E-state index in [0.29, 0.717) is 5.69 Å². The molecule has 2 rings (SSSR count). The second kappa shape index (κ2) is 4.49. The molecule has 18 heavy (non-hydrogen) atoms. The maximum absolute atomic E-state index is 13.2. The number of nitrogens with two attached hydrogens (primary N) is 1. The second-order valence-electron chi connectivity index (χ2n) is 3.77. The molecule has 94 valence electrons. The molecule has 0 saturated heterocycles. The number of benzene rings is 1. The van der Waals surface area contributed by atoms with Gasteiger partial charge in [-0.15, -0.1) is 5.10 Å². The molecule has 1 unspecified atom stereocenters. The van der Waals surface area contributed by atoms with Crippen molar-refractivity contribution < 1.29 is 9.31 Å². The van der Waals surface area contributed by atoms with E-state index in [2.05, 4.69) is 10.3 Å². The van der Waals surface area contributed by atoms with E-state index in [1.165, 1.54) is 6.20 Å². The van der Waals surface area contributed by atoms with E-state index in [4.69, 9.17) is 5.73 Å². The van der Waals surface area contributed by atoms with Crippen LogP contribution in [-0.2, 0) is 0 Å². The normalized spacial score (nSPS) is 12.4. The molecule has 0 radical (unpaired) electrons. The summed E-state index contributed by atoms with van der Waals surface area (Å²) in [6.07, 6.45) is 1.44. The smallest absolute Gasteiger partial charge is 0.295 e. The van der Waals surface area contributed by atoms with Crippen molar-refractivity contribution in [2.24, 2.45) is 5.73 Å². The van der Waals surface area contributed by atoms with Gasteiger partial charge >= 0.3 is 0 Å². The van der Waals surface area contributed by atoms with Gasteiger partial charge in [-0.2, -0.15) is 0 Å². The Morgan fingerprint density at radius 3 is 2.83 bits per heavy atom. The lowest BCUT2D eigenvalue weighted by Gasteiger charge is -2.02. The van der Waals surface area contributed by atoms with Gasteiger partial charge in [-0.1, -0.05) is 5.21 Å². The third-order valence-corrected chi connectivity index (χ3v) is 2.36. The molecule has 1 atom stereocenters. The average molecular weight is 251 g/mol. The Kier molecular flexibility index (Phi) is 3.02. The predicted octanol–water partition coefficient (Wildman–Crippen LogP) is 1.33. The fraction of sp³-hybridized carbons (Fsp3) is 0.200. The van der Waals surface area contributed by atoms with Gasteiger partial charge < -0.3 is 5.73 Å². The number of rotatable bonds is 3. The lowest BCUT2D eigenvalue weighted by Crippen LogP contribution is -2.05. The third-order valence-electron chi connectivity index (χ3n) is 2.36. The second-order valence-corrected chi connectivity index (χ2v) is 3.77. The zero-order valence-electron chi connectivity index (χ0n) is 9.45. The summed E-state index contributed by atoms with van der Waals surface area (Å²) < 4.78 is 14.3. The molecule has 7 nitrogen and oxygen atoms in total. The molecular weight excluding hydrogens is 241 g/mol. The van der Waals surface area contributed by atoms with E-state index in [0.717, 1.165) is 22.9 Å². The summed E-state index contributed by atoms with van der Waals surface area (Å²) in [5, 5.41) is 18.3. The molecule has 8 heteroatoms. The SMILES string of the molecule is CC(N)c1cn(-c2cc(F)ccc2[N+](=O)[O-])nn1. The molecule has 1 aromatic heterocycles. The van der Waals surface area contributed by atoms with Crippen molar-refractivity contribution in [3.05, 3.63) is 46.0 Å². The number of hydrogen-bond donors (Lipinski definition) is 1. The number of nitro groups is 1. The highest BCUT2D eigenvalue weighted by molar-refractivity contribution is 5.51. The van der Waals surface area contributed by atoms with Crippen LogP contribution in [0.5, 0.6) is 0 Å². The molecule has 0 amide bonds. The van der Waals surface area contributed by atoms with Gasteiger partial charge in [0, 0.05) is 18.2 Å². The zero-order valence-corrected chi connectivity index (χ0v) is 9.45. The van der Waals surface area contributed by atoms with Crippen LogP contribution in [0.1, 0.15) is 18.7 Å². The van der Waals surface area contributed by atoms with Gasteiger partial charge in [0.15, 0.2) is 0 Å². The Morgan fingerprint density at radius 1 is 1.56 bits per heavy atom. The summed E-state index contributed by atoms with van der Waals surface area (Å²) in [6, 6.07) is 2.77. The number of nitro benzene ring substituents is 1. The van der Waals surface area contributed by atoms with Crippen molar-refractivity contribution in [2.45, 2.75) is 13.0 Å². The quantitative estimate of drug-likeness (QED) is 0.655. The molecule has 0 aliphatic rings. The van der Waals surface area contributed by atoms with E-state index in [1.54, 1.807) is 6.92 Å². The molecule has 0 saturated carbocycles. The van der Waals surface area contributed by atoms with Crippen LogP contribution in [0.2, 0.25) is 0 Å². The first-order valence-electron chi connectivity index (χ1n) is 5.11. The van der Waals surface area contributed by atoms with Crippen molar-refractivity contribution >= 4 is 5.69 Å².